The van der Waals surface area contributed by atoms with Gasteiger partial charge in [-0.1, -0.05) is 30.0 Å². The van der Waals surface area contributed by atoms with E-state index in [9.17, 15) is 0 Å². The summed E-state index contributed by atoms with van der Waals surface area (Å²) in [6.45, 7) is 2.13. The van der Waals surface area contributed by atoms with Crippen LogP contribution in [0.1, 0.15) is 26.4 Å². The Bertz CT molecular complexity index is 1530. The molecule has 6 rings (SSSR count). The summed E-state index contributed by atoms with van der Waals surface area (Å²) in [6.07, 6.45) is 2.23. The molecule has 1 aliphatic rings. The highest BCUT2D eigenvalue weighted by atomic mass is 32.2. The lowest BCUT2D eigenvalue weighted by Gasteiger charge is -2.12. The molecule has 0 saturated carbocycles. The SMILES string of the molecule is C/C=C(\SCc1ccc(C2=CSC=C(c3ccc(-c4ccc(-c5cccs5)s4)s3)S2)s1)c1cccs1. The van der Waals surface area contributed by atoms with Gasteiger partial charge in [-0.25, -0.2) is 0 Å². The van der Waals surface area contributed by atoms with Crippen LogP contribution in [0.25, 0.3) is 34.2 Å². The monoisotopic (exact) mass is 612 g/mol. The molecular weight excluding hydrogens is 593 g/mol. The third kappa shape index (κ3) is 5.61. The second kappa shape index (κ2) is 11.7. The Morgan fingerprint density at radius 2 is 1.33 bits per heavy atom. The van der Waals surface area contributed by atoms with Crippen molar-refractivity contribution >= 4 is 107 Å². The second-order valence-corrected chi connectivity index (χ2v) is 15.8. The van der Waals surface area contributed by atoms with E-state index in [0.29, 0.717) is 0 Å². The van der Waals surface area contributed by atoms with Crippen LogP contribution in [0.2, 0.25) is 0 Å². The zero-order chi connectivity index (χ0) is 24.3. The molecule has 5 aromatic heterocycles. The summed E-state index contributed by atoms with van der Waals surface area (Å²) in [5.41, 5.74) is 0. The third-order valence-corrected chi connectivity index (χ3v) is 14.8. The molecule has 0 aliphatic carbocycles. The van der Waals surface area contributed by atoms with Gasteiger partial charge in [-0.05, 0) is 77.0 Å². The molecular formula is C28H20S8. The number of hydrogen-bond acceptors (Lipinski definition) is 8. The lowest BCUT2D eigenvalue weighted by atomic mass is 10.3. The molecule has 0 atom stereocenters. The normalized spacial score (nSPS) is 14.2. The molecule has 180 valence electrons. The van der Waals surface area contributed by atoms with Gasteiger partial charge >= 0.3 is 0 Å². The van der Waals surface area contributed by atoms with Crippen molar-refractivity contribution in [3.05, 3.63) is 108 Å². The summed E-state index contributed by atoms with van der Waals surface area (Å²) < 4.78 is 0. The quantitative estimate of drug-likeness (QED) is 0.171. The zero-order valence-electron chi connectivity index (χ0n) is 19.1. The number of hydrogen-bond donors (Lipinski definition) is 0. The molecule has 0 aromatic carbocycles. The minimum absolute atomic E-state index is 1.01. The molecule has 0 fully saturated rings. The number of allylic oxidation sites excluding steroid dienone is 1. The van der Waals surface area contributed by atoms with Crippen LogP contribution >= 0.6 is 92.0 Å². The van der Waals surface area contributed by atoms with E-state index in [0.717, 1.165) is 5.75 Å². The number of rotatable bonds is 8. The minimum Gasteiger partial charge on any atom is -0.143 e. The van der Waals surface area contributed by atoms with Crippen LogP contribution in [0.15, 0.2) is 88.3 Å². The maximum Gasteiger partial charge on any atom is 0.0449 e. The van der Waals surface area contributed by atoms with E-state index in [1.54, 1.807) is 23.1 Å². The highest BCUT2D eigenvalue weighted by Gasteiger charge is 2.17. The Labute approximate surface area is 244 Å². The van der Waals surface area contributed by atoms with Crippen molar-refractivity contribution in [2.45, 2.75) is 12.7 Å². The fourth-order valence-electron chi connectivity index (χ4n) is 3.62. The fraction of sp³-hybridized carbons (Fsp3) is 0.0714. The molecule has 0 nitrogen and oxygen atoms in total. The molecule has 0 unspecified atom stereocenters. The first-order valence-corrected chi connectivity index (χ1v) is 18.1. The maximum absolute atomic E-state index is 2.30. The molecule has 0 amide bonds. The van der Waals surface area contributed by atoms with Crippen LogP contribution in [0, 0.1) is 0 Å². The Balaban J connectivity index is 1.11. The summed E-state index contributed by atoms with van der Waals surface area (Å²) >= 11 is 15.0. The van der Waals surface area contributed by atoms with Crippen molar-refractivity contribution < 1.29 is 0 Å². The lowest BCUT2D eigenvalue weighted by Crippen LogP contribution is -1.80. The van der Waals surface area contributed by atoms with Crippen LogP contribution in [-0.2, 0) is 5.75 Å². The molecule has 5 aromatic rings. The number of thioether (sulfide) groups is 3. The fourth-order valence-corrected chi connectivity index (χ4v) is 11.9. The average Bonchev–Trinajstić information content (AvgIpc) is 3.75. The highest BCUT2D eigenvalue weighted by molar-refractivity contribution is 8.20. The first-order valence-electron chi connectivity index (χ1n) is 11.2. The second-order valence-electron chi connectivity index (χ2n) is 7.69. The van der Waals surface area contributed by atoms with Crippen LogP contribution in [0.4, 0.5) is 0 Å². The van der Waals surface area contributed by atoms with Crippen molar-refractivity contribution in [2.24, 2.45) is 0 Å². The summed E-state index contributed by atoms with van der Waals surface area (Å²) in [6, 6.07) is 22.3. The minimum atomic E-state index is 1.01. The molecule has 1 aliphatic heterocycles. The van der Waals surface area contributed by atoms with Crippen molar-refractivity contribution in [1.82, 2.24) is 0 Å². The molecule has 6 heterocycles. The van der Waals surface area contributed by atoms with Crippen LogP contribution in [-0.4, -0.2) is 0 Å². The van der Waals surface area contributed by atoms with Gasteiger partial charge in [0.1, 0.15) is 0 Å². The van der Waals surface area contributed by atoms with Gasteiger partial charge in [-0.3, -0.25) is 0 Å². The van der Waals surface area contributed by atoms with E-state index in [1.807, 2.05) is 68.9 Å². The molecule has 36 heavy (non-hydrogen) atoms. The van der Waals surface area contributed by atoms with Gasteiger partial charge in [0.25, 0.3) is 0 Å². The van der Waals surface area contributed by atoms with Gasteiger partial charge in [-0.15, -0.1) is 80.2 Å². The van der Waals surface area contributed by atoms with Gasteiger partial charge < -0.3 is 0 Å². The Kier molecular flexibility index (Phi) is 8.12. The lowest BCUT2D eigenvalue weighted by molar-refractivity contribution is 1.56. The Hall–Kier alpha value is -1.23. The van der Waals surface area contributed by atoms with E-state index in [4.69, 9.17) is 0 Å². The summed E-state index contributed by atoms with van der Waals surface area (Å²) in [5, 5.41) is 8.88. The summed E-state index contributed by atoms with van der Waals surface area (Å²) in [5.74, 6) is 1.01. The van der Waals surface area contributed by atoms with Crippen molar-refractivity contribution in [3.8, 4) is 19.5 Å². The molecule has 0 radical (unpaired) electrons. The van der Waals surface area contributed by atoms with Crippen molar-refractivity contribution in [2.75, 3.05) is 0 Å². The van der Waals surface area contributed by atoms with E-state index in [2.05, 4.69) is 95.2 Å². The smallest absolute Gasteiger partial charge is 0.0449 e. The van der Waals surface area contributed by atoms with Crippen LogP contribution in [0.3, 0.4) is 0 Å². The standard InChI is InChI=1S/C28H20S8/c1-2-19(20-5-3-13-30-20)32-15-18-7-8-25(33-18)27-16-29-17-28(36-27)26-12-11-24(35-26)23-10-9-22(34-23)21-6-4-14-31-21/h2-14,16-17H,15H2,1H3/b19-2-. The van der Waals surface area contributed by atoms with Crippen LogP contribution in [0.5, 0.6) is 0 Å². The van der Waals surface area contributed by atoms with E-state index < -0.39 is 0 Å². The summed E-state index contributed by atoms with van der Waals surface area (Å²) in [4.78, 5) is 15.0. The summed E-state index contributed by atoms with van der Waals surface area (Å²) in [7, 11) is 0. The highest BCUT2D eigenvalue weighted by Crippen LogP contribution is 2.50. The average molecular weight is 613 g/mol. The Morgan fingerprint density at radius 3 is 2.03 bits per heavy atom. The first kappa shape index (κ1) is 25.1. The van der Waals surface area contributed by atoms with Gasteiger partial charge in [0.05, 0.1) is 0 Å². The first-order chi connectivity index (χ1) is 17.8. The molecule has 0 N–H and O–H groups in total. The predicted molar refractivity (Wildman–Crippen MR) is 176 cm³/mol. The molecule has 0 spiro atoms. The van der Waals surface area contributed by atoms with E-state index in [1.165, 1.54) is 53.7 Å². The molecule has 8 heteroatoms. The van der Waals surface area contributed by atoms with Gasteiger partial charge in [0.2, 0.25) is 0 Å². The van der Waals surface area contributed by atoms with Crippen molar-refractivity contribution in [3.63, 3.8) is 0 Å². The predicted octanol–water partition coefficient (Wildman–Crippen LogP) is 12.4. The maximum atomic E-state index is 2.30. The van der Waals surface area contributed by atoms with Gasteiger partial charge in [0, 0.05) is 59.5 Å². The van der Waals surface area contributed by atoms with Crippen LogP contribution < -0.4 is 0 Å². The number of thiophene rings is 5. The van der Waals surface area contributed by atoms with Gasteiger partial charge in [-0.2, -0.15) is 0 Å². The Morgan fingerprint density at radius 1 is 0.694 bits per heavy atom. The third-order valence-electron chi connectivity index (χ3n) is 5.33. The van der Waals surface area contributed by atoms with E-state index in [-0.39, 0.29) is 0 Å². The molecule has 0 bridgehead atoms. The topological polar surface area (TPSA) is 0 Å². The largest absolute Gasteiger partial charge is 0.143 e. The zero-order valence-corrected chi connectivity index (χ0v) is 25.7. The van der Waals surface area contributed by atoms with Crippen molar-refractivity contribution in [1.29, 1.82) is 0 Å². The van der Waals surface area contributed by atoms with E-state index >= 15 is 0 Å². The molecule has 0 saturated heterocycles. The van der Waals surface area contributed by atoms with Gasteiger partial charge in [0.15, 0.2) is 0 Å².